The van der Waals surface area contributed by atoms with Crippen LogP contribution in [0.4, 0.5) is 0 Å². The summed E-state index contributed by atoms with van der Waals surface area (Å²) in [4.78, 5) is 0.355. The van der Waals surface area contributed by atoms with Gasteiger partial charge in [0.2, 0.25) is 10.0 Å². The van der Waals surface area contributed by atoms with Crippen LogP contribution in [0.1, 0.15) is 25.8 Å². The summed E-state index contributed by atoms with van der Waals surface area (Å²) in [5, 5.41) is 0. The van der Waals surface area contributed by atoms with Gasteiger partial charge in [-0.3, -0.25) is 0 Å². The van der Waals surface area contributed by atoms with Crippen molar-refractivity contribution < 1.29 is 8.42 Å². The molecule has 0 aliphatic heterocycles. The van der Waals surface area contributed by atoms with Gasteiger partial charge in [-0.05, 0) is 51.4 Å². The van der Waals surface area contributed by atoms with Crippen molar-refractivity contribution in [2.75, 3.05) is 13.1 Å². The number of nitrogens with two attached hydrogens (primary N) is 1. The molecule has 2 N–H and O–H groups in total. The highest BCUT2D eigenvalue weighted by atomic mass is 32.2. The molecule has 1 aromatic carbocycles. The van der Waals surface area contributed by atoms with Crippen molar-refractivity contribution in [2.45, 2.75) is 38.1 Å². The van der Waals surface area contributed by atoms with Crippen LogP contribution in [0.15, 0.2) is 29.2 Å². The molecule has 1 rings (SSSR count). The van der Waals surface area contributed by atoms with E-state index in [-0.39, 0.29) is 6.04 Å². The van der Waals surface area contributed by atoms with E-state index in [0.717, 1.165) is 5.56 Å². The zero-order chi connectivity index (χ0) is 13.8. The van der Waals surface area contributed by atoms with E-state index in [2.05, 4.69) is 0 Å². The Morgan fingerprint density at radius 2 is 2.00 bits per heavy atom. The summed E-state index contributed by atoms with van der Waals surface area (Å²) < 4.78 is 26.5. The summed E-state index contributed by atoms with van der Waals surface area (Å²) >= 11 is 0. The van der Waals surface area contributed by atoms with Crippen LogP contribution in [0.2, 0.25) is 0 Å². The first-order valence-electron chi connectivity index (χ1n) is 6.18. The third-order valence-corrected chi connectivity index (χ3v) is 4.83. The average Bonchev–Trinajstić information content (AvgIpc) is 2.28. The first-order valence-corrected chi connectivity index (χ1v) is 7.62. The molecule has 102 valence electrons. The highest BCUT2D eigenvalue weighted by Gasteiger charge is 2.26. The lowest BCUT2D eigenvalue weighted by Crippen LogP contribution is -2.38. The highest BCUT2D eigenvalue weighted by molar-refractivity contribution is 7.89. The van der Waals surface area contributed by atoms with E-state index >= 15 is 0 Å². The molecule has 0 fully saturated rings. The maximum Gasteiger partial charge on any atom is 0.243 e. The maximum absolute atomic E-state index is 12.5. The van der Waals surface area contributed by atoms with Gasteiger partial charge in [-0.25, -0.2) is 8.42 Å². The first kappa shape index (κ1) is 15.1. The molecular weight excluding hydrogens is 248 g/mol. The minimum atomic E-state index is -3.42. The molecule has 4 nitrogen and oxygen atoms in total. The molecule has 0 spiro atoms. The molecule has 0 heterocycles. The summed E-state index contributed by atoms with van der Waals surface area (Å²) in [6.07, 6.45) is 0.670. The first-order chi connectivity index (χ1) is 8.39. The summed E-state index contributed by atoms with van der Waals surface area (Å²) in [7, 11) is -3.42. The zero-order valence-corrected chi connectivity index (χ0v) is 12.1. The molecular formula is C13H22N2O2S. The molecule has 0 radical (unpaired) electrons. The van der Waals surface area contributed by atoms with E-state index < -0.39 is 10.0 Å². The molecule has 0 aromatic heterocycles. The fourth-order valence-electron chi connectivity index (χ4n) is 1.81. The van der Waals surface area contributed by atoms with Gasteiger partial charge in [0, 0.05) is 12.6 Å². The highest BCUT2D eigenvalue weighted by Crippen LogP contribution is 2.19. The van der Waals surface area contributed by atoms with E-state index in [1.54, 1.807) is 18.2 Å². The van der Waals surface area contributed by atoms with Crippen molar-refractivity contribution in [3.63, 3.8) is 0 Å². The van der Waals surface area contributed by atoms with Crippen molar-refractivity contribution in [2.24, 2.45) is 5.73 Å². The van der Waals surface area contributed by atoms with Crippen LogP contribution in [0.3, 0.4) is 0 Å². The monoisotopic (exact) mass is 270 g/mol. The lowest BCUT2D eigenvalue weighted by molar-refractivity contribution is 0.351. The molecule has 1 aromatic rings. The lowest BCUT2D eigenvalue weighted by atomic mass is 10.2. The van der Waals surface area contributed by atoms with Crippen molar-refractivity contribution in [3.8, 4) is 0 Å². The molecule has 0 unspecified atom stereocenters. The quantitative estimate of drug-likeness (QED) is 0.856. The molecule has 0 amide bonds. The topological polar surface area (TPSA) is 63.4 Å². The molecule has 0 aliphatic rings. The van der Waals surface area contributed by atoms with Crippen molar-refractivity contribution >= 4 is 10.0 Å². The summed E-state index contributed by atoms with van der Waals surface area (Å²) in [6.45, 7) is 6.60. The largest absolute Gasteiger partial charge is 0.330 e. The minimum absolute atomic E-state index is 0.0675. The van der Waals surface area contributed by atoms with E-state index in [0.29, 0.717) is 24.4 Å². The Labute approximate surface area is 110 Å². The van der Waals surface area contributed by atoms with E-state index in [1.165, 1.54) is 4.31 Å². The Morgan fingerprint density at radius 3 is 2.50 bits per heavy atom. The van der Waals surface area contributed by atoms with Crippen molar-refractivity contribution in [1.29, 1.82) is 0 Å². The predicted octanol–water partition coefficient (Wildman–Crippen LogP) is 1.74. The van der Waals surface area contributed by atoms with E-state index in [4.69, 9.17) is 5.73 Å². The van der Waals surface area contributed by atoms with Gasteiger partial charge < -0.3 is 5.73 Å². The number of nitrogens with zero attached hydrogens (tertiary/aromatic N) is 1. The summed E-state index contributed by atoms with van der Waals surface area (Å²) in [5.41, 5.74) is 6.40. The smallest absolute Gasteiger partial charge is 0.243 e. The fourth-order valence-corrected chi connectivity index (χ4v) is 3.59. The Kier molecular flexibility index (Phi) is 5.31. The van der Waals surface area contributed by atoms with Crippen LogP contribution in [-0.2, 0) is 10.0 Å². The second-order valence-corrected chi connectivity index (χ2v) is 6.56. The third-order valence-electron chi connectivity index (χ3n) is 2.75. The van der Waals surface area contributed by atoms with Gasteiger partial charge in [-0.15, -0.1) is 0 Å². The SMILES string of the molecule is Cc1cccc(S(=O)(=O)N(CCCN)C(C)C)c1. The minimum Gasteiger partial charge on any atom is -0.330 e. The standard InChI is InChI=1S/C13H22N2O2S/c1-11(2)15(9-5-8-14)18(16,17)13-7-4-6-12(3)10-13/h4,6-7,10-11H,5,8-9,14H2,1-3H3. The Balaban J connectivity index is 3.09. The van der Waals surface area contributed by atoms with Crippen LogP contribution in [0, 0.1) is 6.92 Å². The number of rotatable bonds is 6. The van der Waals surface area contributed by atoms with Crippen molar-refractivity contribution in [3.05, 3.63) is 29.8 Å². The molecule has 18 heavy (non-hydrogen) atoms. The van der Waals surface area contributed by atoms with Crippen LogP contribution in [-0.4, -0.2) is 31.9 Å². The Hall–Kier alpha value is -0.910. The summed E-state index contributed by atoms with van der Waals surface area (Å²) in [5.74, 6) is 0. The van der Waals surface area contributed by atoms with Crippen LogP contribution in [0.5, 0.6) is 0 Å². The van der Waals surface area contributed by atoms with Gasteiger partial charge in [0.25, 0.3) is 0 Å². The van der Waals surface area contributed by atoms with Crippen LogP contribution in [0.25, 0.3) is 0 Å². The van der Waals surface area contributed by atoms with Gasteiger partial charge in [0.05, 0.1) is 4.90 Å². The number of hydrogen-bond donors (Lipinski definition) is 1. The normalized spacial score (nSPS) is 12.3. The van der Waals surface area contributed by atoms with Crippen LogP contribution < -0.4 is 5.73 Å². The Morgan fingerprint density at radius 1 is 1.33 bits per heavy atom. The van der Waals surface area contributed by atoms with Gasteiger partial charge in [0.1, 0.15) is 0 Å². The maximum atomic E-state index is 12.5. The second kappa shape index (κ2) is 6.31. The molecule has 0 atom stereocenters. The summed E-state index contributed by atoms with van der Waals surface area (Å²) in [6, 6.07) is 6.93. The van der Waals surface area contributed by atoms with E-state index in [1.807, 2.05) is 26.8 Å². The van der Waals surface area contributed by atoms with Crippen molar-refractivity contribution in [1.82, 2.24) is 4.31 Å². The second-order valence-electron chi connectivity index (χ2n) is 4.67. The molecule has 0 saturated carbocycles. The number of aryl methyl sites for hydroxylation is 1. The van der Waals surface area contributed by atoms with Gasteiger partial charge >= 0.3 is 0 Å². The predicted molar refractivity (Wildman–Crippen MR) is 73.9 cm³/mol. The Bertz CT molecular complexity index is 484. The fraction of sp³-hybridized carbons (Fsp3) is 0.538. The number of hydrogen-bond acceptors (Lipinski definition) is 3. The average molecular weight is 270 g/mol. The number of sulfonamides is 1. The zero-order valence-electron chi connectivity index (χ0n) is 11.3. The number of benzene rings is 1. The molecule has 0 bridgehead atoms. The van der Waals surface area contributed by atoms with Gasteiger partial charge in [0.15, 0.2) is 0 Å². The van der Waals surface area contributed by atoms with Gasteiger partial charge in [-0.1, -0.05) is 12.1 Å². The lowest BCUT2D eigenvalue weighted by Gasteiger charge is -2.25. The van der Waals surface area contributed by atoms with E-state index in [9.17, 15) is 8.42 Å². The molecule has 5 heteroatoms. The molecule has 0 aliphatic carbocycles. The van der Waals surface area contributed by atoms with Crippen LogP contribution >= 0.6 is 0 Å². The molecule has 0 saturated heterocycles. The third kappa shape index (κ3) is 3.54. The van der Waals surface area contributed by atoms with Gasteiger partial charge in [-0.2, -0.15) is 4.31 Å².